The lowest BCUT2D eigenvalue weighted by Gasteiger charge is -2.21. The van der Waals surface area contributed by atoms with E-state index in [0.29, 0.717) is 21.6 Å². The molecule has 7 heteroatoms. The van der Waals surface area contributed by atoms with E-state index in [1.807, 2.05) is 42.2 Å². The van der Waals surface area contributed by atoms with Crippen LogP contribution in [0.25, 0.3) is 0 Å². The van der Waals surface area contributed by atoms with Crippen LogP contribution in [0.15, 0.2) is 60.9 Å². The first-order chi connectivity index (χ1) is 12.6. The molecule has 0 aliphatic carbocycles. The largest absolute Gasteiger partial charge is 0.325 e. The second kappa shape index (κ2) is 8.17. The zero-order chi connectivity index (χ0) is 18.5. The number of aromatic nitrogens is 2. The molecular formula is C19H16Cl2N4O. The molecule has 1 N–H and O–H groups in total. The van der Waals surface area contributed by atoms with E-state index < -0.39 is 5.91 Å². The molecule has 0 fully saturated rings. The first kappa shape index (κ1) is 18.2. The summed E-state index contributed by atoms with van der Waals surface area (Å²) in [6, 6.07) is 14.7. The summed E-state index contributed by atoms with van der Waals surface area (Å²) in [7, 11) is 0. The molecule has 1 amide bonds. The summed E-state index contributed by atoms with van der Waals surface area (Å²) in [6.07, 6.45) is 3.02. The van der Waals surface area contributed by atoms with Gasteiger partial charge in [0.05, 0.1) is 23.1 Å². The third-order valence-electron chi connectivity index (χ3n) is 3.71. The maximum Gasteiger partial charge on any atom is 0.275 e. The molecule has 26 heavy (non-hydrogen) atoms. The highest BCUT2D eigenvalue weighted by atomic mass is 35.5. The average molecular weight is 387 g/mol. The lowest BCUT2D eigenvalue weighted by atomic mass is 10.3. The summed E-state index contributed by atoms with van der Waals surface area (Å²) in [5.41, 5.74) is 1.67. The van der Waals surface area contributed by atoms with Crippen molar-refractivity contribution < 1.29 is 4.79 Å². The predicted molar refractivity (Wildman–Crippen MR) is 106 cm³/mol. The van der Waals surface area contributed by atoms with Crippen molar-refractivity contribution in [3.63, 3.8) is 0 Å². The molecule has 0 aliphatic rings. The number of carbonyl (C=O) groups is 1. The zero-order valence-corrected chi connectivity index (χ0v) is 15.5. The summed E-state index contributed by atoms with van der Waals surface area (Å²) in [5, 5.41) is 3.56. The van der Waals surface area contributed by atoms with E-state index in [-0.39, 0.29) is 5.69 Å². The van der Waals surface area contributed by atoms with Gasteiger partial charge in [-0.15, -0.1) is 0 Å². The molecule has 0 radical (unpaired) electrons. The number of benzene rings is 2. The van der Waals surface area contributed by atoms with Crippen molar-refractivity contribution in [3.8, 4) is 0 Å². The number of rotatable bonds is 5. The molecule has 0 atom stereocenters. The van der Waals surface area contributed by atoms with Crippen molar-refractivity contribution in [2.24, 2.45) is 0 Å². The normalized spacial score (nSPS) is 10.4. The van der Waals surface area contributed by atoms with Crippen LogP contribution >= 0.6 is 23.2 Å². The lowest BCUT2D eigenvalue weighted by molar-refractivity contribution is 0.102. The lowest BCUT2D eigenvalue weighted by Crippen LogP contribution is -2.19. The van der Waals surface area contributed by atoms with E-state index >= 15 is 0 Å². The van der Waals surface area contributed by atoms with Crippen LogP contribution < -0.4 is 10.2 Å². The Morgan fingerprint density at radius 2 is 1.85 bits per heavy atom. The van der Waals surface area contributed by atoms with E-state index in [9.17, 15) is 4.79 Å². The molecule has 0 saturated carbocycles. The Balaban J connectivity index is 1.77. The highest BCUT2D eigenvalue weighted by Crippen LogP contribution is 2.26. The standard InChI is InChI=1S/C19H16Cl2N4O/c1-2-25(14-6-4-3-5-7-14)18-12-22-17(11-23-18)19(26)24-16-9-8-13(20)10-15(16)21/h3-12H,2H2,1H3,(H,24,26). The fraction of sp³-hybridized carbons (Fsp3) is 0.105. The molecule has 2 aromatic carbocycles. The van der Waals surface area contributed by atoms with Crippen molar-refractivity contribution >= 4 is 46.3 Å². The Hall–Kier alpha value is -2.63. The van der Waals surface area contributed by atoms with Gasteiger partial charge in [0.15, 0.2) is 5.82 Å². The van der Waals surface area contributed by atoms with Gasteiger partial charge in [-0.25, -0.2) is 9.97 Å². The van der Waals surface area contributed by atoms with Crippen LogP contribution in [0.5, 0.6) is 0 Å². The number of para-hydroxylation sites is 1. The maximum atomic E-state index is 12.4. The first-order valence-corrected chi connectivity index (χ1v) is 8.75. The van der Waals surface area contributed by atoms with Gasteiger partial charge in [0.2, 0.25) is 0 Å². The van der Waals surface area contributed by atoms with Crippen molar-refractivity contribution in [3.05, 3.63) is 76.7 Å². The van der Waals surface area contributed by atoms with Crippen molar-refractivity contribution in [2.45, 2.75) is 6.92 Å². The molecule has 0 spiro atoms. The topological polar surface area (TPSA) is 58.1 Å². The number of anilines is 3. The van der Waals surface area contributed by atoms with Gasteiger partial charge in [0, 0.05) is 17.3 Å². The highest BCUT2D eigenvalue weighted by Gasteiger charge is 2.13. The van der Waals surface area contributed by atoms with E-state index in [0.717, 1.165) is 12.2 Å². The zero-order valence-electron chi connectivity index (χ0n) is 14.0. The second-order valence-electron chi connectivity index (χ2n) is 5.42. The molecule has 1 aromatic heterocycles. The minimum Gasteiger partial charge on any atom is -0.325 e. The Kier molecular flexibility index (Phi) is 5.71. The third kappa shape index (κ3) is 4.12. The highest BCUT2D eigenvalue weighted by molar-refractivity contribution is 6.36. The third-order valence-corrected chi connectivity index (χ3v) is 4.26. The van der Waals surface area contributed by atoms with Crippen molar-refractivity contribution in [1.82, 2.24) is 9.97 Å². The fourth-order valence-electron chi connectivity index (χ4n) is 2.44. The van der Waals surface area contributed by atoms with Gasteiger partial charge in [-0.05, 0) is 37.3 Å². The number of hydrogen-bond acceptors (Lipinski definition) is 4. The summed E-state index contributed by atoms with van der Waals surface area (Å²) in [6.45, 7) is 2.75. The Bertz CT molecular complexity index is 901. The summed E-state index contributed by atoms with van der Waals surface area (Å²) in [5.74, 6) is 0.274. The molecule has 3 rings (SSSR count). The van der Waals surface area contributed by atoms with Crippen LogP contribution in [0.1, 0.15) is 17.4 Å². The molecule has 0 aliphatic heterocycles. The summed E-state index contributed by atoms with van der Waals surface area (Å²) in [4.78, 5) is 23.0. The number of amides is 1. The number of nitrogens with zero attached hydrogens (tertiary/aromatic N) is 3. The van der Waals surface area contributed by atoms with Crippen LogP contribution in [0.4, 0.5) is 17.2 Å². The molecule has 3 aromatic rings. The van der Waals surface area contributed by atoms with Crippen LogP contribution in [0, 0.1) is 0 Å². The number of hydrogen-bond donors (Lipinski definition) is 1. The minimum atomic E-state index is -0.393. The van der Waals surface area contributed by atoms with Gasteiger partial charge in [0.25, 0.3) is 5.91 Å². The average Bonchev–Trinajstić information content (AvgIpc) is 2.66. The van der Waals surface area contributed by atoms with Gasteiger partial charge in [-0.1, -0.05) is 41.4 Å². The monoisotopic (exact) mass is 386 g/mol. The van der Waals surface area contributed by atoms with E-state index in [1.54, 1.807) is 24.4 Å². The van der Waals surface area contributed by atoms with Gasteiger partial charge in [-0.3, -0.25) is 4.79 Å². The Morgan fingerprint density at radius 1 is 1.08 bits per heavy atom. The number of carbonyl (C=O) groups excluding carboxylic acids is 1. The van der Waals surface area contributed by atoms with Gasteiger partial charge < -0.3 is 10.2 Å². The van der Waals surface area contributed by atoms with Gasteiger partial charge in [0.1, 0.15) is 5.69 Å². The SMILES string of the molecule is CCN(c1ccccc1)c1cnc(C(=O)Nc2ccc(Cl)cc2Cl)cn1. The van der Waals surface area contributed by atoms with Crippen LogP contribution in [0.2, 0.25) is 10.0 Å². The van der Waals surface area contributed by atoms with Crippen molar-refractivity contribution in [2.75, 3.05) is 16.8 Å². The van der Waals surface area contributed by atoms with E-state index in [1.165, 1.54) is 6.20 Å². The smallest absolute Gasteiger partial charge is 0.275 e. The predicted octanol–water partition coefficient (Wildman–Crippen LogP) is 5.19. The number of nitrogens with one attached hydrogen (secondary N) is 1. The molecule has 1 heterocycles. The van der Waals surface area contributed by atoms with Crippen molar-refractivity contribution in [1.29, 1.82) is 0 Å². The second-order valence-corrected chi connectivity index (χ2v) is 6.26. The molecule has 0 bridgehead atoms. The van der Waals surface area contributed by atoms with Crippen LogP contribution in [0.3, 0.4) is 0 Å². The number of halogens is 2. The van der Waals surface area contributed by atoms with Crippen LogP contribution in [-0.2, 0) is 0 Å². The molecule has 0 unspecified atom stereocenters. The summed E-state index contributed by atoms with van der Waals surface area (Å²) >= 11 is 11.9. The fourth-order valence-corrected chi connectivity index (χ4v) is 2.90. The van der Waals surface area contributed by atoms with Crippen LogP contribution in [-0.4, -0.2) is 22.4 Å². The Labute approximate surface area is 161 Å². The molecule has 132 valence electrons. The molecule has 5 nitrogen and oxygen atoms in total. The Morgan fingerprint density at radius 3 is 2.46 bits per heavy atom. The molecular weight excluding hydrogens is 371 g/mol. The van der Waals surface area contributed by atoms with Gasteiger partial charge >= 0.3 is 0 Å². The summed E-state index contributed by atoms with van der Waals surface area (Å²) < 4.78 is 0. The van der Waals surface area contributed by atoms with E-state index in [4.69, 9.17) is 23.2 Å². The minimum absolute atomic E-state index is 0.198. The molecule has 0 saturated heterocycles. The maximum absolute atomic E-state index is 12.4. The van der Waals surface area contributed by atoms with Gasteiger partial charge in [-0.2, -0.15) is 0 Å². The van der Waals surface area contributed by atoms with E-state index in [2.05, 4.69) is 15.3 Å². The first-order valence-electron chi connectivity index (χ1n) is 7.99. The quantitative estimate of drug-likeness (QED) is 0.654.